The molecule has 174 valence electrons. The van der Waals surface area contributed by atoms with E-state index in [0.717, 1.165) is 54.8 Å². The van der Waals surface area contributed by atoms with Gasteiger partial charge in [-0.15, -0.1) is 0 Å². The molecule has 2 aliphatic rings. The molecular weight excluding hydrogens is 420 g/mol. The summed E-state index contributed by atoms with van der Waals surface area (Å²) in [7, 11) is 0. The number of rotatable bonds is 4. The van der Waals surface area contributed by atoms with Crippen molar-refractivity contribution in [3.8, 4) is 16.9 Å². The number of hydrogen-bond acceptors (Lipinski definition) is 4. The topological polar surface area (TPSA) is 51.2 Å². The Kier molecular flexibility index (Phi) is 7.16. The summed E-state index contributed by atoms with van der Waals surface area (Å²) >= 11 is 0. The number of aryl methyl sites for hydroxylation is 1. The Morgan fingerprint density at radius 2 is 1.79 bits per heavy atom. The molecule has 1 atom stereocenters. The van der Waals surface area contributed by atoms with Crippen molar-refractivity contribution in [2.45, 2.75) is 50.9 Å². The van der Waals surface area contributed by atoms with Gasteiger partial charge in [0.25, 0.3) is 0 Å². The summed E-state index contributed by atoms with van der Waals surface area (Å²) in [5.74, 6) is 2.00. The summed E-state index contributed by atoms with van der Waals surface area (Å²) in [6, 6.07) is 20.6. The first-order chi connectivity index (χ1) is 16.8. The SMILES string of the molecule is O=C1C=C(Oc2cccc(-c3ccc(C4CCCCNCC4)nc3)c2)c2ccccc2CCC1. The van der Waals surface area contributed by atoms with Gasteiger partial charge in [-0.25, -0.2) is 0 Å². The van der Waals surface area contributed by atoms with Crippen LogP contribution in [-0.2, 0) is 11.2 Å². The van der Waals surface area contributed by atoms with Crippen LogP contribution in [0, 0.1) is 0 Å². The summed E-state index contributed by atoms with van der Waals surface area (Å²) in [5, 5.41) is 3.51. The first-order valence-corrected chi connectivity index (χ1v) is 12.5. The number of carbonyl (C=O) groups is 1. The Hall–Kier alpha value is -3.24. The van der Waals surface area contributed by atoms with Crippen LogP contribution in [0.5, 0.6) is 5.75 Å². The largest absolute Gasteiger partial charge is 0.457 e. The van der Waals surface area contributed by atoms with Gasteiger partial charge in [-0.1, -0.05) is 48.9 Å². The fraction of sp³-hybridized carbons (Fsp3) is 0.333. The molecule has 1 saturated heterocycles. The summed E-state index contributed by atoms with van der Waals surface area (Å²) in [5.41, 5.74) is 5.54. The number of benzene rings is 2. The molecule has 0 spiro atoms. The van der Waals surface area contributed by atoms with E-state index in [2.05, 4.69) is 29.6 Å². The molecule has 5 rings (SSSR count). The molecule has 4 heteroatoms. The Bertz CT molecular complexity index is 1160. The fourth-order valence-electron chi connectivity index (χ4n) is 4.98. The molecule has 1 unspecified atom stereocenters. The lowest BCUT2D eigenvalue weighted by molar-refractivity contribution is -0.114. The fourth-order valence-corrected chi connectivity index (χ4v) is 4.98. The number of pyridine rings is 1. The monoisotopic (exact) mass is 452 g/mol. The van der Waals surface area contributed by atoms with Crippen LogP contribution in [0.15, 0.2) is 72.9 Å². The predicted octanol–water partition coefficient (Wildman–Crippen LogP) is 6.32. The van der Waals surface area contributed by atoms with Gasteiger partial charge in [0.1, 0.15) is 11.5 Å². The van der Waals surface area contributed by atoms with Gasteiger partial charge in [0, 0.05) is 41.4 Å². The minimum Gasteiger partial charge on any atom is -0.457 e. The van der Waals surface area contributed by atoms with Crippen molar-refractivity contribution in [3.63, 3.8) is 0 Å². The van der Waals surface area contributed by atoms with E-state index < -0.39 is 0 Å². The Labute approximate surface area is 202 Å². The van der Waals surface area contributed by atoms with E-state index >= 15 is 0 Å². The zero-order valence-electron chi connectivity index (χ0n) is 19.6. The quantitative estimate of drug-likeness (QED) is 0.503. The molecule has 0 radical (unpaired) electrons. The zero-order valence-corrected chi connectivity index (χ0v) is 19.6. The van der Waals surface area contributed by atoms with Crippen molar-refractivity contribution in [1.29, 1.82) is 0 Å². The van der Waals surface area contributed by atoms with Gasteiger partial charge >= 0.3 is 0 Å². The number of carbonyl (C=O) groups excluding carboxylic acids is 1. The molecule has 3 aromatic rings. The van der Waals surface area contributed by atoms with Crippen LogP contribution in [-0.4, -0.2) is 23.9 Å². The van der Waals surface area contributed by atoms with Gasteiger partial charge in [0.15, 0.2) is 5.78 Å². The summed E-state index contributed by atoms with van der Waals surface area (Å²) in [4.78, 5) is 17.2. The molecule has 1 fully saturated rings. The number of allylic oxidation sites excluding steroid dienone is 1. The smallest absolute Gasteiger partial charge is 0.159 e. The maximum Gasteiger partial charge on any atom is 0.159 e. The molecule has 0 amide bonds. The third-order valence-electron chi connectivity index (χ3n) is 6.87. The average Bonchev–Trinajstić information content (AvgIpc) is 2.83. The van der Waals surface area contributed by atoms with Gasteiger partial charge in [-0.2, -0.15) is 0 Å². The van der Waals surface area contributed by atoms with Crippen molar-refractivity contribution in [2.75, 3.05) is 13.1 Å². The Morgan fingerprint density at radius 1 is 0.853 bits per heavy atom. The van der Waals surface area contributed by atoms with Crippen molar-refractivity contribution in [1.82, 2.24) is 10.3 Å². The van der Waals surface area contributed by atoms with E-state index in [4.69, 9.17) is 9.72 Å². The lowest BCUT2D eigenvalue weighted by Gasteiger charge is -2.20. The molecule has 2 heterocycles. The van der Waals surface area contributed by atoms with E-state index in [9.17, 15) is 4.79 Å². The average molecular weight is 453 g/mol. The number of hydrogen-bond donors (Lipinski definition) is 1. The molecule has 0 saturated carbocycles. The van der Waals surface area contributed by atoms with E-state index in [1.165, 1.54) is 30.5 Å². The van der Waals surface area contributed by atoms with Crippen molar-refractivity contribution in [2.24, 2.45) is 0 Å². The molecule has 4 nitrogen and oxygen atoms in total. The zero-order chi connectivity index (χ0) is 23.2. The van der Waals surface area contributed by atoms with Gasteiger partial charge in [0.05, 0.1) is 0 Å². The van der Waals surface area contributed by atoms with E-state index in [0.29, 0.717) is 18.1 Å². The number of fused-ring (bicyclic) bond motifs is 1. The van der Waals surface area contributed by atoms with Gasteiger partial charge in [0.2, 0.25) is 0 Å². The maximum atomic E-state index is 12.4. The highest BCUT2D eigenvalue weighted by atomic mass is 16.5. The first-order valence-electron chi connectivity index (χ1n) is 12.5. The number of aromatic nitrogens is 1. The van der Waals surface area contributed by atoms with Gasteiger partial charge in [-0.3, -0.25) is 9.78 Å². The minimum absolute atomic E-state index is 0.116. The third kappa shape index (κ3) is 5.45. The van der Waals surface area contributed by atoms with E-state index in [1.807, 2.05) is 42.6 Å². The molecule has 1 aliphatic heterocycles. The van der Waals surface area contributed by atoms with Crippen LogP contribution >= 0.6 is 0 Å². The summed E-state index contributed by atoms with van der Waals surface area (Å²) in [6.07, 6.45) is 10.8. The van der Waals surface area contributed by atoms with Crippen LogP contribution in [0.2, 0.25) is 0 Å². The number of nitrogens with one attached hydrogen (secondary N) is 1. The molecule has 1 N–H and O–H groups in total. The highest BCUT2D eigenvalue weighted by Crippen LogP contribution is 2.31. The van der Waals surface area contributed by atoms with Crippen LogP contribution in [0.3, 0.4) is 0 Å². The standard InChI is InChI=1S/C30H32N2O2/c33-26-11-5-9-22-7-1-2-13-28(22)30(20-26)34-27-12-6-10-24(19-27)25-14-15-29(32-21-25)23-8-3-4-17-31-18-16-23/h1-2,6-7,10,12-15,19-21,23,31H,3-5,8-9,11,16-18H2. The molecule has 34 heavy (non-hydrogen) atoms. The Morgan fingerprint density at radius 3 is 2.71 bits per heavy atom. The molecule has 2 aromatic carbocycles. The second kappa shape index (κ2) is 10.8. The summed E-state index contributed by atoms with van der Waals surface area (Å²) in [6.45, 7) is 2.20. The van der Waals surface area contributed by atoms with Crippen LogP contribution in [0.4, 0.5) is 0 Å². The number of ketones is 1. The highest BCUT2D eigenvalue weighted by Gasteiger charge is 2.17. The Balaban J connectivity index is 1.36. The van der Waals surface area contributed by atoms with Crippen LogP contribution < -0.4 is 10.1 Å². The molecule has 0 bridgehead atoms. The maximum absolute atomic E-state index is 12.4. The van der Waals surface area contributed by atoms with Gasteiger partial charge in [-0.05, 0) is 74.5 Å². The molecule has 1 aliphatic carbocycles. The number of nitrogens with zero attached hydrogens (tertiary/aromatic N) is 1. The first kappa shape index (κ1) is 22.5. The summed E-state index contributed by atoms with van der Waals surface area (Å²) < 4.78 is 6.31. The van der Waals surface area contributed by atoms with Crippen molar-refractivity contribution >= 4 is 11.5 Å². The lowest BCUT2D eigenvalue weighted by atomic mass is 9.92. The van der Waals surface area contributed by atoms with Crippen molar-refractivity contribution < 1.29 is 9.53 Å². The van der Waals surface area contributed by atoms with Gasteiger partial charge < -0.3 is 10.1 Å². The second-order valence-electron chi connectivity index (χ2n) is 9.32. The minimum atomic E-state index is 0.116. The third-order valence-corrected chi connectivity index (χ3v) is 6.87. The number of ether oxygens (including phenoxy) is 1. The van der Waals surface area contributed by atoms with E-state index in [1.54, 1.807) is 6.08 Å². The van der Waals surface area contributed by atoms with E-state index in [-0.39, 0.29) is 5.78 Å². The molecule has 1 aromatic heterocycles. The van der Waals surface area contributed by atoms with Crippen molar-refractivity contribution in [3.05, 3.63) is 89.8 Å². The predicted molar refractivity (Wildman–Crippen MR) is 137 cm³/mol. The van der Waals surface area contributed by atoms with Crippen LogP contribution in [0.25, 0.3) is 16.9 Å². The highest BCUT2D eigenvalue weighted by molar-refractivity contribution is 5.96. The lowest BCUT2D eigenvalue weighted by Crippen LogP contribution is -2.22. The normalized spacial score (nSPS) is 19.1. The second-order valence-corrected chi connectivity index (χ2v) is 9.32. The molecular formula is C30H32N2O2. The van der Waals surface area contributed by atoms with Crippen LogP contribution in [0.1, 0.15) is 61.3 Å².